The Morgan fingerprint density at radius 1 is 1.11 bits per heavy atom. The van der Waals surface area contributed by atoms with Gasteiger partial charge in [-0.2, -0.15) is 5.10 Å². The van der Waals surface area contributed by atoms with Crippen molar-refractivity contribution in [3.05, 3.63) is 81.2 Å². The van der Waals surface area contributed by atoms with Crippen LogP contribution in [0.2, 0.25) is 0 Å². The number of nitrogens with zero attached hydrogens (tertiary/aromatic N) is 3. The number of nitro groups is 1. The van der Waals surface area contributed by atoms with Crippen LogP contribution in [0.3, 0.4) is 0 Å². The van der Waals surface area contributed by atoms with Gasteiger partial charge in [-0.3, -0.25) is 19.5 Å². The first-order chi connectivity index (χ1) is 13.2. The minimum Gasteiger partial charge on any atom is -0.280 e. The first-order valence-corrected chi connectivity index (χ1v) is 10.0. The molecule has 1 aromatic heterocycles. The van der Waals surface area contributed by atoms with Gasteiger partial charge in [0.15, 0.2) is 0 Å². The fraction of sp³-hybridized carbons (Fsp3) is 0.211. The predicted octanol–water partition coefficient (Wildman–Crippen LogP) is 3.57. The van der Waals surface area contributed by atoms with Gasteiger partial charge in [-0.25, -0.2) is 8.42 Å². The largest absolute Gasteiger partial charge is 0.280 e. The van der Waals surface area contributed by atoms with Crippen LogP contribution in [0.1, 0.15) is 22.5 Å². The van der Waals surface area contributed by atoms with Crippen molar-refractivity contribution in [1.82, 2.24) is 9.78 Å². The Hall–Kier alpha value is -3.20. The molecule has 0 atom stereocenters. The maximum atomic E-state index is 12.7. The first-order valence-electron chi connectivity index (χ1n) is 8.53. The van der Waals surface area contributed by atoms with Gasteiger partial charge in [-0.1, -0.05) is 18.2 Å². The van der Waals surface area contributed by atoms with Crippen LogP contribution in [0.5, 0.6) is 0 Å². The number of aryl methyl sites for hydroxylation is 3. The lowest BCUT2D eigenvalue weighted by molar-refractivity contribution is -0.385. The SMILES string of the molecule is Cc1cc(C)n(Cc2cccc(NS(=O)(=O)c3ccc(C)c([N+](=O)[O-])c3)c2)n1. The standard InChI is InChI=1S/C19H20N4O4S/c1-13-7-8-18(11-19(13)23(24)25)28(26,27)21-17-6-4-5-16(10-17)12-22-15(3)9-14(2)20-22/h4-11,21H,12H2,1-3H3. The lowest BCUT2D eigenvalue weighted by Gasteiger charge is -2.11. The molecule has 0 saturated carbocycles. The fourth-order valence-corrected chi connectivity index (χ4v) is 3.98. The van der Waals surface area contributed by atoms with E-state index in [0.717, 1.165) is 23.0 Å². The summed E-state index contributed by atoms with van der Waals surface area (Å²) in [5.74, 6) is 0. The molecule has 1 heterocycles. The van der Waals surface area contributed by atoms with Crippen LogP contribution in [-0.4, -0.2) is 23.1 Å². The second-order valence-corrected chi connectivity index (χ2v) is 8.28. The summed E-state index contributed by atoms with van der Waals surface area (Å²) in [5.41, 5.74) is 3.34. The molecule has 0 fully saturated rings. The lowest BCUT2D eigenvalue weighted by Crippen LogP contribution is -2.14. The van der Waals surface area contributed by atoms with Gasteiger partial charge in [0.25, 0.3) is 15.7 Å². The molecule has 28 heavy (non-hydrogen) atoms. The molecule has 0 bridgehead atoms. The highest BCUT2D eigenvalue weighted by Crippen LogP contribution is 2.24. The van der Waals surface area contributed by atoms with Crippen LogP contribution in [0.15, 0.2) is 53.4 Å². The Morgan fingerprint density at radius 3 is 2.50 bits per heavy atom. The van der Waals surface area contributed by atoms with Crippen LogP contribution in [0, 0.1) is 30.9 Å². The number of rotatable bonds is 6. The lowest BCUT2D eigenvalue weighted by atomic mass is 10.2. The second-order valence-electron chi connectivity index (χ2n) is 6.60. The first kappa shape index (κ1) is 19.6. The summed E-state index contributed by atoms with van der Waals surface area (Å²) in [5, 5.41) is 15.5. The number of nitrogens with one attached hydrogen (secondary N) is 1. The third-order valence-corrected chi connectivity index (χ3v) is 5.68. The highest BCUT2D eigenvalue weighted by atomic mass is 32.2. The van der Waals surface area contributed by atoms with Gasteiger partial charge in [0.2, 0.25) is 0 Å². The Bertz CT molecular complexity index is 1150. The van der Waals surface area contributed by atoms with E-state index in [2.05, 4.69) is 9.82 Å². The van der Waals surface area contributed by atoms with Gasteiger partial charge in [0, 0.05) is 23.0 Å². The minimum absolute atomic E-state index is 0.159. The van der Waals surface area contributed by atoms with Crippen LogP contribution >= 0.6 is 0 Å². The number of hydrogen-bond donors (Lipinski definition) is 1. The summed E-state index contributed by atoms with van der Waals surface area (Å²) in [4.78, 5) is 10.3. The Labute approximate surface area is 163 Å². The molecule has 3 aromatic rings. The maximum Gasteiger partial charge on any atom is 0.273 e. The average Bonchev–Trinajstić information content (AvgIpc) is 2.92. The van der Waals surface area contributed by atoms with E-state index < -0.39 is 14.9 Å². The van der Waals surface area contributed by atoms with Crippen LogP contribution < -0.4 is 4.72 Å². The van der Waals surface area contributed by atoms with E-state index in [4.69, 9.17) is 0 Å². The molecule has 0 aliphatic carbocycles. The Morgan fingerprint density at radius 2 is 1.86 bits per heavy atom. The van der Waals surface area contributed by atoms with Crippen LogP contribution in [-0.2, 0) is 16.6 Å². The van der Waals surface area contributed by atoms with Gasteiger partial charge < -0.3 is 0 Å². The highest BCUT2D eigenvalue weighted by Gasteiger charge is 2.20. The van der Waals surface area contributed by atoms with Crippen molar-refractivity contribution in [2.45, 2.75) is 32.2 Å². The van der Waals surface area contributed by atoms with Crippen molar-refractivity contribution < 1.29 is 13.3 Å². The smallest absolute Gasteiger partial charge is 0.273 e. The molecule has 0 aliphatic rings. The maximum absolute atomic E-state index is 12.7. The van der Waals surface area contributed by atoms with Crippen molar-refractivity contribution in [3.8, 4) is 0 Å². The molecule has 9 heteroatoms. The number of benzene rings is 2. The summed E-state index contributed by atoms with van der Waals surface area (Å²) in [6, 6.07) is 12.8. The van der Waals surface area contributed by atoms with Crippen molar-refractivity contribution >= 4 is 21.4 Å². The molecule has 0 aliphatic heterocycles. The molecule has 0 unspecified atom stereocenters. The molecule has 3 rings (SSSR count). The summed E-state index contributed by atoms with van der Waals surface area (Å²) in [7, 11) is -3.96. The predicted molar refractivity (Wildman–Crippen MR) is 106 cm³/mol. The van der Waals surface area contributed by atoms with Crippen molar-refractivity contribution in [2.75, 3.05) is 4.72 Å². The summed E-state index contributed by atoms with van der Waals surface area (Å²) in [6.07, 6.45) is 0. The number of anilines is 1. The summed E-state index contributed by atoms with van der Waals surface area (Å²) >= 11 is 0. The number of nitro benzene ring substituents is 1. The molecule has 0 amide bonds. The molecule has 146 valence electrons. The number of aromatic nitrogens is 2. The molecule has 2 aromatic carbocycles. The van der Waals surface area contributed by atoms with Crippen LogP contribution in [0.25, 0.3) is 0 Å². The van der Waals surface area contributed by atoms with Crippen molar-refractivity contribution in [1.29, 1.82) is 0 Å². The van der Waals surface area contributed by atoms with Crippen molar-refractivity contribution in [2.24, 2.45) is 0 Å². The zero-order valence-electron chi connectivity index (χ0n) is 15.7. The van der Waals surface area contributed by atoms with Gasteiger partial charge in [-0.15, -0.1) is 0 Å². The van der Waals surface area contributed by atoms with E-state index >= 15 is 0 Å². The van der Waals surface area contributed by atoms with E-state index in [1.165, 1.54) is 12.1 Å². The van der Waals surface area contributed by atoms with E-state index in [0.29, 0.717) is 17.8 Å². The molecule has 1 N–H and O–H groups in total. The van der Waals surface area contributed by atoms with E-state index in [1.807, 2.05) is 30.7 Å². The van der Waals surface area contributed by atoms with Gasteiger partial charge in [0.05, 0.1) is 22.1 Å². The molecular formula is C19H20N4O4S. The van der Waals surface area contributed by atoms with E-state index in [-0.39, 0.29) is 10.6 Å². The Kier molecular flexibility index (Phi) is 5.19. The normalized spacial score (nSPS) is 11.4. The molecular weight excluding hydrogens is 380 g/mol. The molecule has 0 saturated heterocycles. The zero-order valence-corrected chi connectivity index (χ0v) is 16.5. The number of sulfonamides is 1. The van der Waals surface area contributed by atoms with Gasteiger partial charge in [-0.05, 0) is 50.6 Å². The fourth-order valence-electron chi connectivity index (χ4n) is 2.91. The molecule has 0 spiro atoms. The third kappa shape index (κ3) is 4.20. The van der Waals surface area contributed by atoms with Gasteiger partial charge >= 0.3 is 0 Å². The third-order valence-electron chi connectivity index (χ3n) is 4.30. The number of hydrogen-bond acceptors (Lipinski definition) is 5. The highest BCUT2D eigenvalue weighted by molar-refractivity contribution is 7.92. The van der Waals surface area contributed by atoms with Crippen molar-refractivity contribution in [3.63, 3.8) is 0 Å². The topological polar surface area (TPSA) is 107 Å². The summed E-state index contributed by atoms with van der Waals surface area (Å²) in [6.45, 7) is 5.93. The average molecular weight is 400 g/mol. The second kappa shape index (κ2) is 7.43. The van der Waals surface area contributed by atoms with E-state index in [9.17, 15) is 18.5 Å². The quantitative estimate of drug-likeness (QED) is 0.503. The molecule has 8 nitrogen and oxygen atoms in total. The van der Waals surface area contributed by atoms with Gasteiger partial charge in [0.1, 0.15) is 0 Å². The monoisotopic (exact) mass is 400 g/mol. The molecule has 0 radical (unpaired) electrons. The van der Waals surface area contributed by atoms with E-state index in [1.54, 1.807) is 25.1 Å². The van der Waals surface area contributed by atoms with Crippen LogP contribution in [0.4, 0.5) is 11.4 Å². The summed E-state index contributed by atoms with van der Waals surface area (Å²) < 4.78 is 29.7. The minimum atomic E-state index is -3.96. The zero-order chi connectivity index (χ0) is 20.5. The Balaban J connectivity index is 1.86.